The molecule has 4 aromatic rings. The third kappa shape index (κ3) is 4.03. The second kappa shape index (κ2) is 8.56. The summed E-state index contributed by atoms with van der Waals surface area (Å²) in [6, 6.07) is 25.3. The molecule has 0 saturated heterocycles. The summed E-state index contributed by atoms with van der Waals surface area (Å²) in [4.78, 5) is 0. The highest BCUT2D eigenvalue weighted by atomic mass is 79.9. The van der Waals surface area contributed by atoms with Crippen molar-refractivity contribution in [2.45, 2.75) is 13.8 Å². The van der Waals surface area contributed by atoms with Crippen molar-refractivity contribution in [1.82, 2.24) is 0 Å². The van der Waals surface area contributed by atoms with E-state index in [1.165, 1.54) is 21.5 Å². The van der Waals surface area contributed by atoms with E-state index < -0.39 is 0 Å². The molecule has 4 rings (SSSR count). The lowest BCUT2D eigenvalue weighted by Crippen LogP contribution is -1.94. The number of hydrogen-bond donors (Lipinski definition) is 0. The van der Waals surface area contributed by atoms with Crippen LogP contribution < -0.4 is 0 Å². The molecular weight excluding hydrogens is 488 g/mol. The summed E-state index contributed by atoms with van der Waals surface area (Å²) in [5.41, 5.74) is 2.11. The molecule has 3 heteroatoms. The van der Waals surface area contributed by atoms with Crippen LogP contribution in [0.15, 0.2) is 93.9 Å². The first kappa shape index (κ1) is 19.9. The average Bonchev–Trinajstić information content (AvgIpc) is 2.74. The van der Waals surface area contributed by atoms with Gasteiger partial charge in [-0.05, 0) is 71.8 Å². The van der Waals surface area contributed by atoms with E-state index >= 15 is 0 Å². The van der Waals surface area contributed by atoms with E-state index in [1.54, 1.807) is 0 Å². The van der Waals surface area contributed by atoms with Gasteiger partial charge in [0, 0.05) is 20.1 Å². The van der Waals surface area contributed by atoms with Gasteiger partial charge in [0.2, 0.25) is 0 Å². The molecule has 1 nitrogen and oxygen atoms in total. The van der Waals surface area contributed by atoms with Gasteiger partial charge in [0.05, 0.1) is 0 Å². The summed E-state index contributed by atoms with van der Waals surface area (Å²) < 4.78 is 8.57. The molecule has 0 spiro atoms. The van der Waals surface area contributed by atoms with Crippen molar-refractivity contribution in [1.29, 1.82) is 0 Å². The standard InChI is InChI=1S/C26H20Br2O/c1-3-25(19-11-13-21-17(15-19)7-5-9-23(21)27)29-26(4-2)20-12-14-22-18(16-20)8-6-10-24(22)28/h3-16H,1-2H3. The van der Waals surface area contributed by atoms with Gasteiger partial charge in [0.1, 0.15) is 11.5 Å². The zero-order valence-electron chi connectivity index (χ0n) is 16.2. The predicted octanol–water partition coefficient (Wildman–Crippen LogP) is 8.96. The Morgan fingerprint density at radius 3 is 1.52 bits per heavy atom. The van der Waals surface area contributed by atoms with Crippen LogP contribution >= 0.6 is 31.9 Å². The van der Waals surface area contributed by atoms with Crippen LogP contribution in [0, 0.1) is 0 Å². The Bertz CT molecular complexity index is 1170. The fourth-order valence-electron chi connectivity index (χ4n) is 3.48. The minimum absolute atomic E-state index is 0.842. The molecule has 0 aliphatic carbocycles. The SMILES string of the molecule is CC=C(OC(=CC)c1ccc2c(Br)cccc2c1)c1ccc2c(Br)cccc2c1. The lowest BCUT2D eigenvalue weighted by molar-refractivity contribution is 0.469. The molecule has 0 radical (unpaired) electrons. The Labute approximate surface area is 188 Å². The van der Waals surface area contributed by atoms with Gasteiger partial charge in [-0.1, -0.05) is 80.4 Å². The summed E-state index contributed by atoms with van der Waals surface area (Å²) in [7, 11) is 0. The number of allylic oxidation sites excluding steroid dienone is 2. The molecule has 0 aliphatic heterocycles. The molecule has 0 heterocycles. The van der Waals surface area contributed by atoms with Gasteiger partial charge >= 0.3 is 0 Å². The van der Waals surface area contributed by atoms with E-state index in [0.29, 0.717) is 0 Å². The second-order valence-electron chi connectivity index (χ2n) is 6.76. The third-order valence-corrected chi connectivity index (χ3v) is 6.35. The van der Waals surface area contributed by atoms with Gasteiger partial charge < -0.3 is 4.74 Å². The maximum atomic E-state index is 6.38. The van der Waals surface area contributed by atoms with Crippen molar-refractivity contribution in [2.24, 2.45) is 0 Å². The molecule has 0 amide bonds. The van der Waals surface area contributed by atoms with Crippen molar-refractivity contribution in [3.63, 3.8) is 0 Å². The molecule has 0 atom stereocenters. The first-order chi connectivity index (χ1) is 14.1. The first-order valence-corrected chi connectivity index (χ1v) is 11.1. The van der Waals surface area contributed by atoms with Crippen LogP contribution in [0.5, 0.6) is 0 Å². The molecule has 29 heavy (non-hydrogen) atoms. The lowest BCUT2D eigenvalue weighted by Gasteiger charge is -2.15. The summed E-state index contributed by atoms with van der Waals surface area (Å²) in [6.45, 7) is 4.01. The monoisotopic (exact) mass is 506 g/mol. The number of ether oxygens (including phenoxy) is 1. The van der Waals surface area contributed by atoms with E-state index in [4.69, 9.17) is 4.74 Å². The smallest absolute Gasteiger partial charge is 0.130 e. The summed E-state index contributed by atoms with van der Waals surface area (Å²) in [6.07, 6.45) is 4.03. The summed E-state index contributed by atoms with van der Waals surface area (Å²) >= 11 is 7.25. The van der Waals surface area contributed by atoms with Crippen LogP contribution in [-0.4, -0.2) is 0 Å². The largest absolute Gasteiger partial charge is 0.457 e. The number of benzene rings is 4. The van der Waals surface area contributed by atoms with E-state index in [-0.39, 0.29) is 0 Å². The topological polar surface area (TPSA) is 9.23 Å². The highest BCUT2D eigenvalue weighted by Gasteiger charge is 2.10. The minimum Gasteiger partial charge on any atom is -0.457 e. The fourth-order valence-corrected chi connectivity index (χ4v) is 4.51. The van der Waals surface area contributed by atoms with Crippen molar-refractivity contribution in [3.8, 4) is 0 Å². The Kier molecular flexibility index (Phi) is 5.89. The fraction of sp³-hybridized carbons (Fsp3) is 0.0769. The molecule has 0 bridgehead atoms. The number of rotatable bonds is 4. The van der Waals surface area contributed by atoms with Crippen molar-refractivity contribution >= 4 is 64.9 Å². The Morgan fingerprint density at radius 1 is 0.655 bits per heavy atom. The van der Waals surface area contributed by atoms with Crippen LogP contribution in [0.1, 0.15) is 25.0 Å². The zero-order chi connectivity index (χ0) is 20.4. The summed E-state index contributed by atoms with van der Waals surface area (Å²) in [5, 5.41) is 4.74. The molecule has 4 aromatic carbocycles. The molecule has 0 aromatic heterocycles. The van der Waals surface area contributed by atoms with E-state index in [0.717, 1.165) is 31.6 Å². The highest BCUT2D eigenvalue weighted by Crippen LogP contribution is 2.32. The first-order valence-electron chi connectivity index (χ1n) is 9.48. The molecule has 0 N–H and O–H groups in total. The molecule has 144 valence electrons. The Hall–Kier alpha value is -2.36. The maximum absolute atomic E-state index is 6.38. The average molecular weight is 508 g/mol. The van der Waals surface area contributed by atoms with E-state index in [9.17, 15) is 0 Å². The van der Waals surface area contributed by atoms with Crippen molar-refractivity contribution in [3.05, 3.63) is 105 Å². The Balaban J connectivity index is 1.69. The predicted molar refractivity (Wildman–Crippen MR) is 132 cm³/mol. The normalized spacial score (nSPS) is 12.6. The van der Waals surface area contributed by atoms with Crippen LogP contribution in [-0.2, 0) is 4.74 Å². The quantitative estimate of drug-likeness (QED) is 0.250. The molecule has 0 saturated carbocycles. The van der Waals surface area contributed by atoms with Gasteiger partial charge in [-0.2, -0.15) is 0 Å². The zero-order valence-corrected chi connectivity index (χ0v) is 19.4. The second-order valence-corrected chi connectivity index (χ2v) is 8.47. The number of fused-ring (bicyclic) bond motifs is 2. The molecule has 0 aliphatic rings. The third-order valence-electron chi connectivity index (χ3n) is 4.97. The number of halogens is 2. The van der Waals surface area contributed by atoms with Gasteiger partial charge in [-0.25, -0.2) is 0 Å². The van der Waals surface area contributed by atoms with Gasteiger partial charge in [0.15, 0.2) is 0 Å². The number of hydrogen-bond acceptors (Lipinski definition) is 1. The van der Waals surface area contributed by atoms with Crippen LogP contribution in [0.25, 0.3) is 33.1 Å². The van der Waals surface area contributed by atoms with Gasteiger partial charge in [-0.15, -0.1) is 0 Å². The van der Waals surface area contributed by atoms with E-state index in [1.807, 2.05) is 26.0 Å². The molecule has 0 unspecified atom stereocenters. The van der Waals surface area contributed by atoms with Crippen LogP contribution in [0.2, 0.25) is 0 Å². The van der Waals surface area contributed by atoms with Crippen molar-refractivity contribution in [2.75, 3.05) is 0 Å². The van der Waals surface area contributed by atoms with E-state index in [2.05, 4.69) is 105 Å². The Morgan fingerprint density at radius 2 is 1.10 bits per heavy atom. The van der Waals surface area contributed by atoms with Crippen LogP contribution in [0.3, 0.4) is 0 Å². The van der Waals surface area contributed by atoms with Crippen molar-refractivity contribution < 1.29 is 4.74 Å². The maximum Gasteiger partial charge on any atom is 0.130 e. The minimum atomic E-state index is 0.842. The van der Waals surface area contributed by atoms with Gasteiger partial charge in [0.25, 0.3) is 0 Å². The molecule has 0 fully saturated rings. The highest BCUT2D eigenvalue weighted by molar-refractivity contribution is 9.11. The molecular formula is C26H20Br2O. The van der Waals surface area contributed by atoms with Gasteiger partial charge in [-0.3, -0.25) is 0 Å². The summed E-state index contributed by atoms with van der Waals surface area (Å²) in [5.74, 6) is 1.68. The lowest BCUT2D eigenvalue weighted by atomic mass is 10.0. The van der Waals surface area contributed by atoms with Crippen LogP contribution in [0.4, 0.5) is 0 Å².